The predicted octanol–water partition coefficient (Wildman–Crippen LogP) is 2.10. The van der Waals surface area contributed by atoms with Crippen LogP contribution in [-0.4, -0.2) is 5.66 Å². The van der Waals surface area contributed by atoms with Gasteiger partial charge in [-0.05, 0) is 12.8 Å². The van der Waals surface area contributed by atoms with E-state index >= 15 is 0 Å². The van der Waals surface area contributed by atoms with Crippen molar-refractivity contribution < 1.29 is 0 Å². The molecule has 0 aromatic rings. The smallest absolute Gasteiger partial charge is 0.230 e. The molecule has 2 heteroatoms. The lowest BCUT2D eigenvalue weighted by atomic mass is 10.1. The van der Waals surface area contributed by atoms with Crippen molar-refractivity contribution in [2.24, 2.45) is 0 Å². The first-order valence-corrected chi connectivity index (χ1v) is 3.10. The molecule has 46 valence electrons. The van der Waals surface area contributed by atoms with Gasteiger partial charge in [0.25, 0.3) is 0 Å². The van der Waals surface area contributed by atoms with Gasteiger partial charge in [0.05, 0.1) is 0 Å². The Hall–Kier alpha value is -1.02. The number of hydrogen-bond donors (Lipinski definition) is 0. The van der Waals surface area contributed by atoms with Crippen LogP contribution in [-0.2, 0) is 0 Å². The summed E-state index contributed by atoms with van der Waals surface area (Å²) < 4.78 is 0. The van der Waals surface area contributed by atoms with Crippen molar-refractivity contribution in [2.75, 3.05) is 0 Å². The Balaban J connectivity index is 2.74. The summed E-state index contributed by atoms with van der Waals surface area (Å²) in [5, 5.41) is 0. The van der Waals surface area contributed by atoms with Crippen LogP contribution in [0, 0.1) is 13.1 Å². The summed E-state index contributed by atoms with van der Waals surface area (Å²) in [6, 6.07) is 0. The first-order valence-electron chi connectivity index (χ1n) is 3.10. The third kappa shape index (κ3) is 0.886. The van der Waals surface area contributed by atoms with E-state index in [2.05, 4.69) is 9.69 Å². The molecule has 1 aliphatic rings. The van der Waals surface area contributed by atoms with Gasteiger partial charge in [-0.1, -0.05) is 0 Å². The Kier molecular flexibility index (Phi) is 1.40. The normalized spacial score (nSPS) is 22.4. The summed E-state index contributed by atoms with van der Waals surface area (Å²) in [7, 11) is 0. The first-order chi connectivity index (χ1) is 4.33. The highest BCUT2D eigenvalue weighted by Crippen LogP contribution is 2.34. The minimum atomic E-state index is -0.639. The third-order valence-electron chi connectivity index (χ3n) is 1.82. The maximum atomic E-state index is 6.76. The van der Waals surface area contributed by atoms with Gasteiger partial charge in [-0.3, -0.25) is 0 Å². The Labute approximate surface area is 55.1 Å². The highest BCUT2D eigenvalue weighted by molar-refractivity contribution is 5.08. The molecule has 2 nitrogen and oxygen atoms in total. The van der Waals surface area contributed by atoms with Gasteiger partial charge in [-0.25, -0.2) is 22.8 Å². The molecule has 1 fully saturated rings. The van der Waals surface area contributed by atoms with Crippen LogP contribution < -0.4 is 0 Å². The van der Waals surface area contributed by atoms with E-state index in [4.69, 9.17) is 13.1 Å². The molecule has 0 spiro atoms. The zero-order chi connectivity index (χ0) is 6.74. The summed E-state index contributed by atoms with van der Waals surface area (Å²) in [6.45, 7) is 13.5. The van der Waals surface area contributed by atoms with Crippen LogP contribution in [0.2, 0.25) is 0 Å². The van der Waals surface area contributed by atoms with Crippen molar-refractivity contribution in [3.8, 4) is 0 Å². The standard InChI is InChI=1S/C7H8N2/c1-8-7(9-2)5-3-4-6-7/h3-6H2. The van der Waals surface area contributed by atoms with Gasteiger partial charge in [0.2, 0.25) is 0 Å². The second-order valence-corrected chi connectivity index (χ2v) is 2.41. The molecule has 0 bridgehead atoms. The van der Waals surface area contributed by atoms with Crippen molar-refractivity contribution in [3.05, 3.63) is 22.8 Å². The molecule has 1 saturated carbocycles. The van der Waals surface area contributed by atoms with Crippen LogP contribution in [0.3, 0.4) is 0 Å². The van der Waals surface area contributed by atoms with Crippen molar-refractivity contribution in [1.29, 1.82) is 0 Å². The maximum Gasteiger partial charge on any atom is 0.482 e. The molecule has 0 atom stereocenters. The summed E-state index contributed by atoms with van der Waals surface area (Å²) >= 11 is 0. The third-order valence-corrected chi connectivity index (χ3v) is 1.82. The lowest BCUT2D eigenvalue weighted by Gasteiger charge is -1.97. The molecular weight excluding hydrogens is 112 g/mol. The van der Waals surface area contributed by atoms with Crippen molar-refractivity contribution >= 4 is 0 Å². The van der Waals surface area contributed by atoms with Crippen LogP contribution in [0.25, 0.3) is 9.69 Å². The van der Waals surface area contributed by atoms with E-state index in [0.717, 1.165) is 25.7 Å². The lowest BCUT2D eigenvalue weighted by Crippen LogP contribution is -2.12. The van der Waals surface area contributed by atoms with Crippen LogP contribution in [0.4, 0.5) is 0 Å². The van der Waals surface area contributed by atoms with Crippen LogP contribution >= 0.6 is 0 Å². The van der Waals surface area contributed by atoms with Crippen LogP contribution in [0.15, 0.2) is 0 Å². The SMILES string of the molecule is [C-]#[N+]C1([N+]#[C-])CCCC1. The lowest BCUT2D eigenvalue weighted by molar-refractivity contribution is 0.640. The van der Waals surface area contributed by atoms with E-state index in [1.54, 1.807) is 0 Å². The van der Waals surface area contributed by atoms with E-state index in [0.29, 0.717) is 0 Å². The van der Waals surface area contributed by atoms with Gasteiger partial charge in [0.15, 0.2) is 0 Å². The predicted molar refractivity (Wildman–Crippen MR) is 34.4 cm³/mol. The number of hydrogen-bond acceptors (Lipinski definition) is 0. The van der Waals surface area contributed by atoms with Gasteiger partial charge in [0.1, 0.15) is 12.8 Å². The average Bonchev–Trinajstić information content (AvgIpc) is 2.36. The van der Waals surface area contributed by atoms with E-state index in [9.17, 15) is 0 Å². The van der Waals surface area contributed by atoms with E-state index < -0.39 is 5.66 Å². The second kappa shape index (κ2) is 2.07. The molecule has 0 aromatic carbocycles. The van der Waals surface area contributed by atoms with E-state index in [1.807, 2.05) is 0 Å². The summed E-state index contributed by atoms with van der Waals surface area (Å²) in [5.74, 6) is 0. The van der Waals surface area contributed by atoms with Gasteiger partial charge in [-0.2, -0.15) is 0 Å². The monoisotopic (exact) mass is 120 g/mol. The fourth-order valence-corrected chi connectivity index (χ4v) is 1.19. The molecule has 9 heavy (non-hydrogen) atoms. The highest BCUT2D eigenvalue weighted by Gasteiger charge is 2.46. The van der Waals surface area contributed by atoms with Crippen LogP contribution in [0.1, 0.15) is 25.7 Å². The molecule has 0 amide bonds. The minimum Gasteiger partial charge on any atom is -0.230 e. The molecule has 0 saturated heterocycles. The zero-order valence-corrected chi connectivity index (χ0v) is 5.22. The van der Waals surface area contributed by atoms with Gasteiger partial charge < -0.3 is 0 Å². The number of rotatable bonds is 0. The summed E-state index contributed by atoms with van der Waals surface area (Å²) in [5.41, 5.74) is -0.639. The molecule has 0 aromatic heterocycles. The molecule has 1 rings (SSSR count). The topological polar surface area (TPSA) is 8.72 Å². The molecule has 0 aliphatic heterocycles. The molecular formula is C7H8N2. The summed E-state index contributed by atoms with van der Waals surface area (Å²) in [4.78, 5) is 6.67. The molecule has 0 unspecified atom stereocenters. The highest BCUT2D eigenvalue weighted by atomic mass is 15.0. The second-order valence-electron chi connectivity index (χ2n) is 2.41. The van der Waals surface area contributed by atoms with Crippen molar-refractivity contribution in [1.82, 2.24) is 0 Å². The maximum absolute atomic E-state index is 6.76. The first kappa shape index (κ1) is 6.11. The van der Waals surface area contributed by atoms with Crippen molar-refractivity contribution in [2.45, 2.75) is 31.3 Å². The average molecular weight is 120 g/mol. The molecule has 1 aliphatic carbocycles. The number of nitrogens with zero attached hydrogens (tertiary/aromatic N) is 2. The van der Waals surface area contributed by atoms with Gasteiger partial charge >= 0.3 is 5.66 Å². The summed E-state index contributed by atoms with van der Waals surface area (Å²) in [6.07, 6.45) is 3.70. The molecule has 0 N–H and O–H groups in total. The largest absolute Gasteiger partial charge is 0.482 e. The van der Waals surface area contributed by atoms with E-state index in [-0.39, 0.29) is 0 Å². The fraction of sp³-hybridized carbons (Fsp3) is 0.714. The molecule has 0 radical (unpaired) electrons. The van der Waals surface area contributed by atoms with Gasteiger partial charge in [0, 0.05) is 0 Å². The Morgan fingerprint density at radius 2 is 1.44 bits per heavy atom. The van der Waals surface area contributed by atoms with Crippen LogP contribution in [0.5, 0.6) is 0 Å². The Bertz CT molecular complexity index is 160. The Morgan fingerprint density at radius 1 is 1.00 bits per heavy atom. The molecule has 0 heterocycles. The fourth-order valence-electron chi connectivity index (χ4n) is 1.19. The Morgan fingerprint density at radius 3 is 1.67 bits per heavy atom. The van der Waals surface area contributed by atoms with E-state index in [1.165, 1.54) is 0 Å². The minimum absolute atomic E-state index is 0.639. The zero-order valence-electron chi connectivity index (χ0n) is 5.22. The quantitative estimate of drug-likeness (QED) is 0.433. The van der Waals surface area contributed by atoms with Gasteiger partial charge in [-0.15, -0.1) is 0 Å². The van der Waals surface area contributed by atoms with Crippen molar-refractivity contribution in [3.63, 3.8) is 0 Å².